The molecule has 1 aromatic heterocycles. The summed E-state index contributed by atoms with van der Waals surface area (Å²) >= 11 is 0. The van der Waals surface area contributed by atoms with Crippen molar-refractivity contribution in [2.24, 2.45) is 0 Å². The lowest BCUT2D eigenvalue weighted by molar-refractivity contribution is -0.150. The van der Waals surface area contributed by atoms with E-state index in [1.165, 1.54) is 51.4 Å². The third-order valence-corrected chi connectivity index (χ3v) is 5.83. The number of carbonyl (C=O) groups is 1. The Bertz CT molecular complexity index is 808. The van der Waals surface area contributed by atoms with Crippen molar-refractivity contribution < 1.29 is 23.8 Å². The predicted octanol–water partition coefficient (Wildman–Crippen LogP) is 3.57. The molecular weight excluding hydrogens is 419 g/mol. The van der Waals surface area contributed by atoms with Crippen LogP contribution in [0, 0.1) is 5.82 Å². The molecule has 9 heteroatoms. The topological polar surface area (TPSA) is 111 Å². The van der Waals surface area contributed by atoms with Gasteiger partial charge in [-0.25, -0.2) is 4.79 Å². The van der Waals surface area contributed by atoms with Crippen LogP contribution in [0.25, 0.3) is 0 Å². The summed E-state index contributed by atoms with van der Waals surface area (Å²) in [6.07, 6.45) is 11.5. The van der Waals surface area contributed by atoms with Gasteiger partial charge in [0.15, 0.2) is 0 Å². The van der Waals surface area contributed by atoms with Gasteiger partial charge in [0.2, 0.25) is 5.82 Å². The number of aromatic amines is 1. The number of hydrogen-bond acceptors (Lipinski definition) is 6. The number of ether oxygens (including phenoxy) is 2. The van der Waals surface area contributed by atoms with Crippen molar-refractivity contribution in [3.05, 3.63) is 32.9 Å². The Hall–Kier alpha value is -2.00. The zero-order valence-electron chi connectivity index (χ0n) is 19.0. The lowest BCUT2D eigenvalue weighted by Crippen LogP contribution is -2.34. The highest BCUT2D eigenvalue weighted by Crippen LogP contribution is 2.27. The van der Waals surface area contributed by atoms with E-state index < -0.39 is 35.5 Å². The molecule has 1 aromatic rings. The van der Waals surface area contributed by atoms with E-state index in [0.29, 0.717) is 6.42 Å². The van der Waals surface area contributed by atoms with Crippen LogP contribution in [0.3, 0.4) is 0 Å². The molecule has 0 aromatic carbocycles. The molecule has 0 unspecified atom stereocenters. The minimum Gasteiger partial charge on any atom is -0.463 e. The van der Waals surface area contributed by atoms with Gasteiger partial charge in [-0.2, -0.15) is 4.39 Å². The third kappa shape index (κ3) is 8.86. The molecule has 0 saturated carbocycles. The number of carbonyl (C=O) groups excluding carboxylic acids is 1. The molecule has 1 aliphatic rings. The number of hydrogen-bond donors (Lipinski definition) is 2. The van der Waals surface area contributed by atoms with E-state index in [0.717, 1.165) is 30.0 Å². The fourth-order valence-corrected chi connectivity index (χ4v) is 3.89. The number of rotatable bonds is 15. The van der Waals surface area contributed by atoms with Gasteiger partial charge in [-0.15, -0.1) is 0 Å². The highest BCUT2D eigenvalue weighted by Gasteiger charge is 2.36. The molecule has 0 aliphatic carbocycles. The molecule has 32 heavy (non-hydrogen) atoms. The van der Waals surface area contributed by atoms with Crippen LogP contribution in [0.2, 0.25) is 0 Å². The Morgan fingerprint density at radius 3 is 2.34 bits per heavy atom. The normalized spacial score (nSPS) is 20.5. The number of H-pyrrole nitrogens is 1. The van der Waals surface area contributed by atoms with E-state index in [-0.39, 0.29) is 19.0 Å². The molecule has 1 saturated heterocycles. The van der Waals surface area contributed by atoms with E-state index in [1.54, 1.807) is 0 Å². The fourth-order valence-electron chi connectivity index (χ4n) is 3.89. The Kier molecular flexibility index (Phi) is 11.7. The van der Waals surface area contributed by atoms with Gasteiger partial charge >= 0.3 is 11.7 Å². The molecule has 0 amide bonds. The number of halogens is 1. The maximum absolute atomic E-state index is 13.5. The van der Waals surface area contributed by atoms with E-state index >= 15 is 0 Å². The van der Waals surface area contributed by atoms with E-state index in [4.69, 9.17) is 9.47 Å². The lowest BCUT2D eigenvalue weighted by atomic mass is 10.1. The maximum atomic E-state index is 13.5. The maximum Gasteiger partial charge on any atom is 0.330 e. The molecule has 0 radical (unpaired) electrons. The summed E-state index contributed by atoms with van der Waals surface area (Å²) in [5.41, 5.74) is -1.94. The molecule has 2 heterocycles. The molecule has 8 nitrogen and oxygen atoms in total. The van der Waals surface area contributed by atoms with E-state index in [1.807, 2.05) is 4.98 Å². The second-order valence-corrected chi connectivity index (χ2v) is 8.54. The van der Waals surface area contributed by atoms with Crippen molar-refractivity contribution >= 4 is 5.97 Å². The summed E-state index contributed by atoms with van der Waals surface area (Å²) in [5, 5.41) is 10.1. The summed E-state index contributed by atoms with van der Waals surface area (Å²) in [5.74, 6) is -1.48. The van der Waals surface area contributed by atoms with Crippen LogP contribution in [-0.2, 0) is 14.3 Å². The first-order valence-corrected chi connectivity index (χ1v) is 11.9. The Morgan fingerprint density at radius 2 is 1.72 bits per heavy atom. The standard InChI is InChI=1S/C23H37FN2O6/c1-2-3-4-5-6-7-8-9-10-11-12-13-21(28)31-16-19-18(27)14-20(32-19)26-15-17(24)22(29)25-23(26)30/h15,18-20,27H,2-14,16H2,1H3,(H,25,29,30)/t18-,19+,20+/m0/s1. The van der Waals surface area contributed by atoms with Gasteiger partial charge in [-0.3, -0.25) is 19.1 Å². The number of aromatic nitrogens is 2. The van der Waals surface area contributed by atoms with Crippen LogP contribution in [-0.4, -0.2) is 39.4 Å². The first-order valence-electron chi connectivity index (χ1n) is 11.9. The quantitative estimate of drug-likeness (QED) is 0.308. The van der Waals surface area contributed by atoms with Crippen molar-refractivity contribution in [3.63, 3.8) is 0 Å². The Labute approximate surface area is 188 Å². The van der Waals surface area contributed by atoms with Gasteiger partial charge in [0.25, 0.3) is 5.56 Å². The highest BCUT2D eigenvalue weighted by molar-refractivity contribution is 5.69. The van der Waals surface area contributed by atoms with Gasteiger partial charge in [0.1, 0.15) is 18.9 Å². The molecule has 0 bridgehead atoms. The largest absolute Gasteiger partial charge is 0.463 e. The minimum atomic E-state index is -1.12. The summed E-state index contributed by atoms with van der Waals surface area (Å²) in [6.45, 7) is 2.08. The number of esters is 1. The summed E-state index contributed by atoms with van der Waals surface area (Å²) in [7, 11) is 0. The number of unbranched alkanes of at least 4 members (excludes halogenated alkanes) is 10. The second kappa shape index (κ2) is 14.2. The van der Waals surface area contributed by atoms with Crippen LogP contribution in [0.4, 0.5) is 4.39 Å². The molecule has 2 N–H and O–H groups in total. The third-order valence-electron chi connectivity index (χ3n) is 5.83. The van der Waals surface area contributed by atoms with Crippen molar-refractivity contribution in [2.45, 2.75) is 109 Å². The SMILES string of the molecule is CCCCCCCCCCCCCC(=O)OC[C@H]1O[C@@H](n2cc(F)c(=O)[nH]c2=O)C[C@@H]1O. The smallest absolute Gasteiger partial charge is 0.330 e. The molecule has 1 fully saturated rings. The first kappa shape index (κ1) is 26.3. The van der Waals surface area contributed by atoms with Crippen LogP contribution in [0.15, 0.2) is 15.8 Å². The monoisotopic (exact) mass is 456 g/mol. The Morgan fingerprint density at radius 1 is 1.12 bits per heavy atom. The molecule has 1 aliphatic heterocycles. The molecule has 3 atom stereocenters. The zero-order valence-corrected chi connectivity index (χ0v) is 19.0. The number of nitrogens with zero attached hydrogens (tertiary/aromatic N) is 1. The van der Waals surface area contributed by atoms with Gasteiger partial charge in [0.05, 0.1) is 12.3 Å². The molecule has 0 spiro atoms. The van der Waals surface area contributed by atoms with Crippen LogP contribution < -0.4 is 11.2 Å². The Balaban J connectivity index is 1.57. The lowest BCUT2D eigenvalue weighted by Gasteiger charge is -2.16. The average Bonchev–Trinajstić information content (AvgIpc) is 3.13. The molecule has 182 valence electrons. The fraction of sp³-hybridized carbons (Fsp3) is 0.783. The van der Waals surface area contributed by atoms with Crippen molar-refractivity contribution in [1.29, 1.82) is 0 Å². The first-order chi connectivity index (χ1) is 15.4. The summed E-state index contributed by atoms with van der Waals surface area (Å²) < 4.78 is 25.1. The second-order valence-electron chi connectivity index (χ2n) is 8.54. The summed E-state index contributed by atoms with van der Waals surface area (Å²) in [4.78, 5) is 36.8. The van der Waals surface area contributed by atoms with E-state index in [9.17, 15) is 23.9 Å². The van der Waals surface area contributed by atoms with Gasteiger partial charge in [-0.1, -0.05) is 71.1 Å². The van der Waals surface area contributed by atoms with Crippen LogP contribution in [0.1, 0.15) is 96.6 Å². The van der Waals surface area contributed by atoms with Crippen LogP contribution in [0.5, 0.6) is 0 Å². The van der Waals surface area contributed by atoms with Gasteiger partial charge in [-0.05, 0) is 6.42 Å². The average molecular weight is 457 g/mol. The molecule has 2 rings (SSSR count). The van der Waals surface area contributed by atoms with Crippen LogP contribution >= 0.6 is 0 Å². The van der Waals surface area contributed by atoms with E-state index in [2.05, 4.69) is 6.92 Å². The molecular formula is C23H37FN2O6. The zero-order chi connectivity index (χ0) is 23.3. The predicted molar refractivity (Wildman–Crippen MR) is 118 cm³/mol. The van der Waals surface area contributed by atoms with Crippen molar-refractivity contribution in [1.82, 2.24) is 9.55 Å². The van der Waals surface area contributed by atoms with Gasteiger partial charge in [0, 0.05) is 12.8 Å². The van der Waals surface area contributed by atoms with Crippen molar-refractivity contribution in [2.75, 3.05) is 6.61 Å². The van der Waals surface area contributed by atoms with Gasteiger partial charge < -0.3 is 14.6 Å². The number of aliphatic hydroxyl groups is 1. The minimum absolute atomic E-state index is 0.0201. The highest BCUT2D eigenvalue weighted by atomic mass is 19.1. The van der Waals surface area contributed by atoms with Crippen molar-refractivity contribution in [3.8, 4) is 0 Å². The number of nitrogens with one attached hydrogen (secondary N) is 1. The number of aliphatic hydroxyl groups excluding tert-OH is 1. The summed E-state index contributed by atoms with van der Waals surface area (Å²) in [6, 6.07) is 0.